The number of hydrogen-bond acceptors (Lipinski definition) is 3. The highest BCUT2D eigenvalue weighted by Crippen LogP contribution is 2.59. The second-order valence-electron chi connectivity index (χ2n) is 10.5. The summed E-state index contributed by atoms with van der Waals surface area (Å²) in [4.78, 5) is 27.1. The van der Waals surface area contributed by atoms with Crippen LogP contribution in [-0.2, 0) is 13.1 Å². The Hall–Kier alpha value is -2.97. The highest BCUT2D eigenvalue weighted by Gasteiger charge is 2.59. The van der Waals surface area contributed by atoms with Crippen LogP contribution in [0.1, 0.15) is 54.6 Å². The van der Waals surface area contributed by atoms with Crippen molar-refractivity contribution in [3.63, 3.8) is 0 Å². The number of nitrogens with one attached hydrogen (secondary N) is 1. The first-order valence-corrected chi connectivity index (χ1v) is 11.6. The fourth-order valence-corrected chi connectivity index (χ4v) is 7.18. The molecular formula is C24H27F2N5O2. The number of carbonyl (C=O) groups is 2. The third-order valence-corrected chi connectivity index (χ3v) is 7.99. The summed E-state index contributed by atoms with van der Waals surface area (Å²) in [5, 5.41) is 7.83. The summed E-state index contributed by atoms with van der Waals surface area (Å²) in [6, 6.07) is 5.40. The molecule has 2 unspecified atom stereocenters. The number of urea groups is 1. The molecule has 7 nitrogen and oxygen atoms in total. The molecule has 4 bridgehead atoms. The van der Waals surface area contributed by atoms with Crippen molar-refractivity contribution < 1.29 is 18.4 Å². The van der Waals surface area contributed by atoms with Gasteiger partial charge in [-0.25, -0.2) is 13.6 Å². The Morgan fingerprint density at radius 2 is 1.91 bits per heavy atom. The van der Waals surface area contributed by atoms with Crippen molar-refractivity contribution in [1.29, 1.82) is 0 Å². The van der Waals surface area contributed by atoms with Crippen molar-refractivity contribution in [2.75, 3.05) is 6.54 Å². The normalized spacial score (nSPS) is 32.0. The number of benzene rings is 1. The molecule has 174 valence electrons. The fraction of sp³-hybridized carbons (Fsp3) is 0.542. The van der Waals surface area contributed by atoms with Crippen LogP contribution in [0.2, 0.25) is 0 Å². The Labute approximate surface area is 190 Å². The van der Waals surface area contributed by atoms with Crippen molar-refractivity contribution >= 4 is 11.9 Å². The quantitative estimate of drug-likeness (QED) is 0.743. The minimum Gasteiger partial charge on any atom is -0.351 e. The van der Waals surface area contributed by atoms with Crippen LogP contribution in [0, 0.1) is 17.7 Å². The monoisotopic (exact) mass is 455 g/mol. The van der Waals surface area contributed by atoms with Crippen LogP contribution in [-0.4, -0.2) is 44.4 Å². The lowest BCUT2D eigenvalue weighted by Crippen LogP contribution is -2.64. The van der Waals surface area contributed by atoms with E-state index in [1.165, 1.54) is 17.0 Å². The SMILES string of the molecule is NC(=O)N1CCn2nc(-c3cccc(F)c3)c(C(=O)NC34CC5CC(CC(F)(C5)C3)C4)c2C1. The molecule has 2 atom stereocenters. The lowest BCUT2D eigenvalue weighted by Gasteiger charge is -2.59. The van der Waals surface area contributed by atoms with E-state index in [0.717, 1.165) is 19.3 Å². The highest BCUT2D eigenvalue weighted by atomic mass is 19.1. The zero-order valence-corrected chi connectivity index (χ0v) is 18.3. The molecule has 33 heavy (non-hydrogen) atoms. The first-order valence-electron chi connectivity index (χ1n) is 11.6. The number of fused-ring (bicyclic) bond motifs is 1. The molecule has 4 saturated carbocycles. The lowest BCUT2D eigenvalue weighted by molar-refractivity contribution is -0.0937. The number of aromatic nitrogens is 2. The zero-order chi connectivity index (χ0) is 23.0. The van der Waals surface area contributed by atoms with Crippen molar-refractivity contribution in [2.45, 2.75) is 62.8 Å². The van der Waals surface area contributed by atoms with Crippen LogP contribution in [0.4, 0.5) is 13.6 Å². The molecule has 0 spiro atoms. The van der Waals surface area contributed by atoms with Gasteiger partial charge in [0, 0.05) is 24.1 Å². The summed E-state index contributed by atoms with van der Waals surface area (Å²) in [7, 11) is 0. The van der Waals surface area contributed by atoms with Gasteiger partial charge in [-0.2, -0.15) is 5.10 Å². The van der Waals surface area contributed by atoms with E-state index in [0.29, 0.717) is 66.7 Å². The van der Waals surface area contributed by atoms with E-state index in [9.17, 15) is 14.0 Å². The molecule has 3 amide bonds. The van der Waals surface area contributed by atoms with Gasteiger partial charge in [-0.05, 0) is 56.1 Å². The van der Waals surface area contributed by atoms with Gasteiger partial charge < -0.3 is 16.0 Å². The molecule has 0 radical (unpaired) electrons. The maximum Gasteiger partial charge on any atom is 0.315 e. The van der Waals surface area contributed by atoms with Crippen LogP contribution >= 0.6 is 0 Å². The first-order chi connectivity index (χ1) is 15.7. The lowest BCUT2D eigenvalue weighted by atomic mass is 9.51. The number of amides is 3. The highest BCUT2D eigenvalue weighted by molar-refractivity contribution is 6.01. The standard InChI is InChI=1S/C24H27F2N5O2/c25-17-3-1-2-16(7-17)20-19(18-12-30(22(27)33)4-5-31(18)29-20)21(32)28-24-10-14-6-15(11-24)9-23(26,8-14)13-24/h1-3,7,14-15H,4-6,8-13H2,(H2,27,33)(H,28,32). The first kappa shape index (κ1) is 20.6. The van der Waals surface area contributed by atoms with Crippen molar-refractivity contribution in [3.8, 4) is 11.3 Å². The third-order valence-electron chi connectivity index (χ3n) is 7.99. The molecule has 1 aromatic heterocycles. The molecule has 5 aliphatic rings. The third kappa shape index (κ3) is 3.40. The molecule has 0 saturated heterocycles. The Bertz CT molecular complexity index is 1150. The second kappa shape index (κ2) is 7.01. The molecule has 7 rings (SSSR count). The summed E-state index contributed by atoms with van der Waals surface area (Å²) in [5.41, 5.74) is 5.47. The average molecular weight is 456 g/mol. The van der Waals surface area contributed by atoms with Crippen molar-refractivity contribution in [1.82, 2.24) is 20.0 Å². The van der Waals surface area contributed by atoms with Gasteiger partial charge in [-0.3, -0.25) is 9.48 Å². The zero-order valence-electron chi connectivity index (χ0n) is 18.3. The summed E-state index contributed by atoms with van der Waals surface area (Å²) >= 11 is 0. The summed E-state index contributed by atoms with van der Waals surface area (Å²) in [5.74, 6) is -0.173. The predicted octanol–water partition coefficient (Wildman–Crippen LogP) is 3.37. The van der Waals surface area contributed by atoms with Crippen molar-refractivity contribution in [3.05, 3.63) is 41.3 Å². The van der Waals surface area contributed by atoms with E-state index in [4.69, 9.17) is 5.73 Å². The van der Waals surface area contributed by atoms with Crippen LogP contribution in [0.25, 0.3) is 11.3 Å². The summed E-state index contributed by atoms with van der Waals surface area (Å²) in [6.45, 7) is 0.911. The number of rotatable bonds is 3. The average Bonchev–Trinajstić information content (AvgIpc) is 3.10. The van der Waals surface area contributed by atoms with Gasteiger partial charge in [0.2, 0.25) is 0 Å². The van der Waals surface area contributed by atoms with Gasteiger partial charge in [-0.15, -0.1) is 0 Å². The van der Waals surface area contributed by atoms with E-state index in [-0.39, 0.29) is 12.5 Å². The predicted molar refractivity (Wildman–Crippen MR) is 116 cm³/mol. The molecule has 1 aromatic carbocycles. The number of halogens is 2. The Balaban J connectivity index is 1.40. The maximum atomic E-state index is 15.5. The van der Waals surface area contributed by atoms with Crippen LogP contribution in [0.15, 0.2) is 24.3 Å². The number of nitrogens with two attached hydrogens (primary N) is 1. The molecular weight excluding hydrogens is 428 g/mol. The Morgan fingerprint density at radius 3 is 2.58 bits per heavy atom. The largest absolute Gasteiger partial charge is 0.351 e. The molecule has 4 aliphatic carbocycles. The second-order valence-corrected chi connectivity index (χ2v) is 10.5. The minimum atomic E-state index is -1.20. The molecule has 3 N–H and O–H groups in total. The minimum absolute atomic E-state index is 0.145. The van der Waals surface area contributed by atoms with Gasteiger partial charge in [0.1, 0.15) is 17.2 Å². The fourth-order valence-electron chi connectivity index (χ4n) is 7.18. The van der Waals surface area contributed by atoms with Crippen LogP contribution in [0.3, 0.4) is 0 Å². The van der Waals surface area contributed by atoms with E-state index in [2.05, 4.69) is 10.4 Å². The number of carbonyl (C=O) groups excluding carboxylic acids is 2. The van der Waals surface area contributed by atoms with Gasteiger partial charge in [0.25, 0.3) is 5.91 Å². The number of hydrogen-bond donors (Lipinski definition) is 2. The van der Waals surface area contributed by atoms with Gasteiger partial charge in [0.05, 0.1) is 24.3 Å². The summed E-state index contributed by atoms with van der Waals surface area (Å²) in [6.07, 6.45) is 4.12. The van der Waals surface area contributed by atoms with E-state index < -0.39 is 23.1 Å². The van der Waals surface area contributed by atoms with Gasteiger partial charge >= 0.3 is 6.03 Å². The van der Waals surface area contributed by atoms with Crippen molar-refractivity contribution in [2.24, 2.45) is 17.6 Å². The summed E-state index contributed by atoms with van der Waals surface area (Å²) < 4.78 is 31.2. The molecule has 2 aromatic rings. The number of alkyl halides is 1. The smallest absolute Gasteiger partial charge is 0.315 e. The maximum absolute atomic E-state index is 15.5. The van der Waals surface area contributed by atoms with E-state index in [1.54, 1.807) is 16.8 Å². The number of primary amides is 1. The Morgan fingerprint density at radius 1 is 1.15 bits per heavy atom. The molecule has 4 fully saturated rings. The van der Waals surface area contributed by atoms with Gasteiger partial charge in [-0.1, -0.05) is 12.1 Å². The van der Waals surface area contributed by atoms with E-state index in [1.807, 2.05) is 0 Å². The van der Waals surface area contributed by atoms with Crippen LogP contribution in [0.5, 0.6) is 0 Å². The molecule has 2 heterocycles. The Kier molecular flexibility index (Phi) is 4.38. The topological polar surface area (TPSA) is 93.2 Å². The van der Waals surface area contributed by atoms with Gasteiger partial charge in [0.15, 0.2) is 0 Å². The molecule has 1 aliphatic heterocycles. The number of nitrogens with zero attached hydrogens (tertiary/aromatic N) is 3. The van der Waals surface area contributed by atoms with E-state index >= 15 is 4.39 Å². The molecule has 9 heteroatoms. The van der Waals surface area contributed by atoms with Crippen LogP contribution < -0.4 is 11.1 Å².